The Morgan fingerprint density at radius 1 is 1.69 bits per heavy atom. The van der Waals surface area contributed by atoms with Gasteiger partial charge in [-0.25, -0.2) is 0 Å². The van der Waals surface area contributed by atoms with E-state index in [1.54, 1.807) is 0 Å². The third-order valence-electron chi connectivity index (χ3n) is 2.76. The number of carbonyl (C=O) groups excluding carboxylic acids is 1. The van der Waals surface area contributed by atoms with Crippen molar-refractivity contribution in [1.29, 1.82) is 0 Å². The Bertz CT molecular complexity index is 355. The molecule has 0 aliphatic carbocycles. The van der Waals surface area contributed by atoms with Crippen LogP contribution in [0.3, 0.4) is 0 Å². The van der Waals surface area contributed by atoms with Gasteiger partial charge in [0.1, 0.15) is 0 Å². The van der Waals surface area contributed by atoms with Crippen LogP contribution in [0.25, 0.3) is 0 Å². The first-order chi connectivity index (χ1) is 7.74. The predicted molar refractivity (Wildman–Crippen MR) is 61.1 cm³/mol. The second-order valence-corrected chi connectivity index (χ2v) is 4.33. The minimum atomic E-state index is 0.0557. The number of nitrogens with one attached hydrogen (secondary N) is 3. The second kappa shape index (κ2) is 5.12. The van der Waals surface area contributed by atoms with Gasteiger partial charge in [-0.15, -0.1) is 0 Å². The lowest BCUT2D eigenvalue weighted by atomic mass is 10.1. The van der Waals surface area contributed by atoms with Crippen LogP contribution in [0.4, 0.5) is 0 Å². The highest BCUT2D eigenvalue weighted by Gasteiger charge is 2.15. The molecule has 0 unspecified atom stereocenters. The molecule has 0 radical (unpaired) electrons. The normalized spacial score (nSPS) is 20.7. The number of rotatable bonds is 3. The molecule has 2 heterocycles. The zero-order valence-corrected chi connectivity index (χ0v) is 9.55. The number of aromatic nitrogens is 2. The van der Waals surface area contributed by atoms with E-state index in [1.807, 2.05) is 13.0 Å². The molecular weight excluding hydrogens is 204 g/mol. The van der Waals surface area contributed by atoms with E-state index in [1.165, 1.54) is 0 Å². The maximum absolute atomic E-state index is 11.7. The van der Waals surface area contributed by atoms with E-state index >= 15 is 0 Å². The fourth-order valence-corrected chi connectivity index (χ4v) is 1.98. The number of hydrogen-bond acceptors (Lipinski definition) is 3. The van der Waals surface area contributed by atoms with E-state index in [-0.39, 0.29) is 11.9 Å². The van der Waals surface area contributed by atoms with E-state index in [9.17, 15) is 4.79 Å². The van der Waals surface area contributed by atoms with Crippen LogP contribution in [0, 0.1) is 6.92 Å². The summed E-state index contributed by atoms with van der Waals surface area (Å²) in [5, 5.41) is 13.2. The summed E-state index contributed by atoms with van der Waals surface area (Å²) in [5.41, 5.74) is 1.79. The van der Waals surface area contributed by atoms with Crippen LogP contribution < -0.4 is 10.6 Å². The highest BCUT2D eigenvalue weighted by atomic mass is 16.1. The Balaban J connectivity index is 1.79. The first-order valence-electron chi connectivity index (χ1n) is 5.75. The van der Waals surface area contributed by atoms with Gasteiger partial charge in [0.15, 0.2) is 0 Å². The first-order valence-corrected chi connectivity index (χ1v) is 5.75. The van der Waals surface area contributed by atoms with Crippen molar-refractivity contribution >= 4 is 5.91 Å². The molecule has 0 spiro atoms. The summed E-state index contributed by atoms with van der Waals surface area (Å²) in [7, 11) is 0. The molecule has 16 heavy (non-hydrogen) atoms. The van der Waals surface area contributed by atoms with E-state index in [4.69, 9.17) is 0 Å². The number of nitrogens with zero attached hydrogens (tertiary/aromatic N) is 1. The van der Waals surface area contributed by atoms with Gasteiger partial charge in [0.25, 0.3) is 0 Å². The lowest BCUT2D eigenvalue weighted by Gasteiger charge is -2.23. The lowest BCUT2D eigenvalue weighted by molar-refractivity contribution is -0.121. The predicted octanol–water partition coefficient (Wildman–Crippen LogP) is 0.129. The fourth-order valence-electron chi connectivity index (χ4n) is 1.98. The van der Waals surface area contributed by atoms with Crippen LogP contribution in [0.15, 0.2) is 6.07 Å². The van der Waals surface area contributed by atoms with E-state index < -0.39 is 0 Å². The van der Waals surface area contributed by atoms with E-state index in [0.29, 0.717) is 6.42 Å². The van der Waals surface area contributed by atoms with Crippen LogP contribution in [0.5, 0.6) is 0 Å². The van der Waals surface area contributed by atoms with Gasteiger partial charge in [0.2, 0.25) is 5.91 Å². The van der Waals surface area contributed by atoms with Gasteiger partial charge in [-0.1, -0.05) is 0 Å². The molecule has 5 heteroatoms. The Morgan fingerprint density at radius 2 is 2.56 bits per heavy atom. The third-order valence-corrected chi connectivity index (χ3v) is 2.76. The molecule has 1 fully saturated rings. The number of piperidine rings is 1. The van der Waals surface area contributed by atoms with Gasteiger partial charge in [0.05, 0.1) is 12.1 Å². The molecule has 2 rings (SSSR count). The summed E-state index contributed by atoms with van der Waals surface area (Å²) >= 11 is 0. The van der Waals surface area contributed by atoms with Gasteiger partial charge in [-0.05, 0) is 32.4 Å². The van der Waals surface area contributed by atoms with Crippen molar-refractivity contribution in [2.75, 3.05) is 13.1 Å². The van der Waals surface area contributed by atoms with Crippen LogP contribution in [-0.4, -0.2) is 35.2 Å². The van der Waals surface area contributed by atoms with Crippen molar-refractivity contribution in [3.63, 3.8) is 0 Å². The van der Waals surface area contributed by atoms with Crippen LogP contribution in [0.1, 0.15) is 24.2 Å². The van der Waals surface area contributed by atoms with Gasteiger partial charge in [-0.2, -0.15) is 5.10 Å². The topological polar surface area (TPSA) is 69.8 Å². The summed E-state index contributed by atoms with van der Waals surface area (Å²) in [4.78, 5) is 11.7. The average molecular weight is 222 g/mol. The van der Waals surface area contributed by atoms with Gasteiger partial charge in [-0.3, -0.25) is 9.89 Å². The van der Waals surface area contributed by atoms with Crippen LogP contribution >= 0.6 is 0 Å². The third kappa shape index (κ3) is 3.06. The second-order valence-electron chi connectivity index (χ2n) is 4.33. The fraction of sp³-hybridized carbons (Fsp3) is 0.636. The van der Waals surface area contributed by atoms with Crippen molar-refractivity contribution in [1.82, 2.24) is 20.8 Å². The van der Waals surface area contributed by atoms with E-state index in [2.05, 4.69) is 20.8 Å². The van der Waals surface area contributed by atoms with Crippen molar-refractivity contribution in [2.24, 2.45) is 0 Å². The van der Waals surface area contributed by atoms with Crippen molar-refractivity contribution in [2.45, 2.75) is 32.2 Å². The Kier molecular flexibility index (Phi) is 3.56. The van der Waals surface area contributed by atoms with Gasteiger partial charge < -0.3 is 10.6 Å². The monoisotopic (exact) mass is 222 g/mol. The molecule has 1 atom stereocenters. The maximum atomic E-state index is 11.7. The number of H-pyrrole nitrogens is 1. The molecule has 1 aromatic heterocycles. The summed E-state index contributed by atoms with van der Waals surface area (Å²) in [6.07, 6.45) is 2.56. The van der Waals surface area contributed by atoms with Crippen molar-refractivity contribution < 1.29 is 4.79 Å². The molecule has 88 valence electrons. The zero-order valence-electron chi connectivity index (χ0n) is 9.55. The van der Waals surface area contributed by atoms with Crippen molar-refractivity contribution in [3.05, 3.63) is 17.5 Å². The summed E-state index contributed by atoms with van der Waals surface area (Å²) in [5.74, 6) is 0.0557. The van der Waals surface area contributed by atoms with Gasteiger partial charge in [0, 0.05) is 18.3 Å². The number of aryl methyl sites for hydroxylation is 1. The van der Waals surface area contributed by atoms with E-state index in [0.717, 1.165) is 37.3 Å². The molecule has 0 aromatic carbocycles. The number of aromatic amines is 1. The number of carbonyl (C=O) groups is 1. The summed E-state index contributed by atoms with van der Waals surface area (Å²) in [6, 6.07) is 2.18. The van der Waals surface area contributed by atoms with Crippen molar-refractivity contribution in [3.8, 4) is 0 Å². The molecule has 1 aliphatic heterocycles. The zero-order chi connectivity index (χ0) is 11.4. The number of amides is 1. The SMILES string of the molecule is Cc1cc(CC(=O)N[C@H]2CCCNC2)n[nH]1. The molecule has 1 aromatic rings. The molecule has 5 nitrogen and oxygen atoms in total. The number of hydrogen-bond donors (Lipinski definition) is 3. The Morgan fingerprint density at radius 3 is 3.19 bits per heavy atom. The molecular formula is C11H18N4O. The average Bonchev–Trinajstić information content (AvgIpc) is 2.65. The standard InChI is InChI=1S/C11H18N4O/c1-8-5-10(15-14-8)6-11(16)13-9-3-2-4-12-7-9/h5,9,12H,2-4,6-7H2,1H3,(H,13,16)(H,14,15)/t9-/m0/s1. The Hall–Kier alpha value is -1.36. The van der Waals surface area contributed by atoms with Gasteiger partial charge >= 0.3 is 0 Å². The summed E-state index contributed by atoms with van der Waals surface area (Å²) in [6.45, 7) is 3.87. The molecule has 1 aliphatic rings. The molecule has 1 saturated heterocycles. The highest BCUT2D eigenvalue weighted by Crippen LogP contribution is 2.03. The minimum absolute atomic E-state index is 0.0557. The smallest absolute Gasteiger partial charge is 0.226 e. The van der Waals surface area contributed by atoms with Crippen LogP contribution in [-0.2, 0) is 11.2 Å². The summed E-state index contributed by atoms with van der Waals surface area (Å²) < 4.78 is 0. The minimum Gasteiger partial charge on any atom is -0.352 e. The highest BCUT2D eigenvalue weighted by molar-refractivity contribution is 5.78. The first kappa shape index (κ1) is 11.1. The largest absolute Gasteiger partial charge is 0.352 e. The molecule has 1 amide bonds. The lowest BCUT2D eigenvalue weighted by Crippen LogP contribution is -2.46. The van der Waals surface area contributed by atoms with Crippen LogP contribution in [0.2, 0.25) is 0 Å². The quantitative estimate of drug-likeness (QED) is 0.681. The maximum Gasteiger partial charge on any atom is 0.226 e. The molecule has 3 N–H and O–H groups in total. The molecule has 0 bridgehead atoms. The Labute approximate surface area is 95.0 Å². The molecule has 0 saturated carbocycles.